The number of carbonyl (C=O) groups is 1. The average Bonchev–Trinajstić information content (AvgIpc) is 2.68. The van der Waals surface area contributed by atoms with Gasteiger partial charge in [0.05, 0.1) is 7.11 Å². The fourth-order valence-electron chi connectivity index (χ4n) is 1.29. The largest absolute Gasteiger partial charge is 0.465 e. The molecule has 1 rings (SSSR count). The molecule has 0 amide bonds. The molecule has 0 aliphatic heterocycles. The Labute approximate surface area is 111 Å². The molecule has 0 bridgehead atoms. The van der Waals surface area contributed by atoms with Crippen molar-refractivity contribution in [3.63, 3.8) is 0 Å². The van der Waals surface area contributed by atoms with E-state index in [9.17, 15) is 13.2 Å². The van der Waals surface area contributed by atoms with Gasteiger partial charge in [-0.2, -0.15) is 0 Å². The minimum Gasteiger partial charge on any atom is -0.465 e. The summed E-state index contributed by atoms with van der Waals surface area (Å²) < 4.78 is 31.2. The van der Waals surface area contributed by atoms with E-state index in [1.54, 1.807) is 19.2 Å². The number of thiophene rings is 1. The highest BCUT2D eigenvalue weighted by atomic mass is 32.2. The third kappa shape index (κ3) is 3.18. The van der Waals surface area contributed by atoms with E-state index in [1.807, 2.05) is 0 Å². The quantitative estimate of drug-likeness (QED) is 0.661. The number of aryl methyl sites for hydroxylation is 1. The Balaban J connectivity index is 3.19. The van der Waals surface area contributed by atoms with Crippen LogP contribution in [0.1, 0.15) is 22.2 Å². The van der Waals surface area contributed by atoms with Crippen molar-refractivity contribution in [3.05, 3.63) is 28.0 Å². The molecule has 0 unspecified atom stereocenters. The van der Waals surface area contributed by atoms with Crippen molar-refractivity contribution in [2.45, 2.75) is 18.7 Å². The maximum atomic E-state index is 12.1. The Bertz CT molecular complexity index is 572. The maximum absolute atomic E-state index is 12.1. The van der Waals surface area contributed by atoms with Crippen molar-refractivity contribution < 1.29 is 17.9 Å². The minimum atomic E-state index is -3.73. The number of nitrogens with one attached hydrogen (secondary N) is 1. The third-order valence-electron chi connectivity index (χ3n) is 2.12. The van der Waals surface area contributed by atoms with Crippen LogP contribution in [0.3, 0.4) is 0 Å². The van der Waals surface area contributed by atoms with Gasteiger partial charge in [-0.15, -0.1) is 11.3 Å². The molecule has 0 aromatic carbocycles. The molecule has 0 aliphatic rings. The van der Waals surface area contributed by atoms with E-state index >= 15 is 0 Å². The molecule has 0 spiro atoms. The molecule has 5 nitrogen and oxygen atoms in total. The first-order chi connectivity index (χ1) is 8.29. The maximum Gasteiger partial charge on any atom is 0.349 e. The highest BCUT2D eigenvalue weighted by molar-refractivity contribution is 7.89. The Kier molecular flexibility index (Phi) is 4.66. The Hall–Kier alpha value is -1.18. The summed E-state index contributed by atoms with van der Waals surface area (Å²) in [5.74, 6) is -0.649. The molecular formula is C11H15NO4S2. The SMILES string of the molecule is C=C(C)CNS(=O)(=O)c1c(C)csc1C(=O)OC. The molecule has 0 aliphatic carbocycles. The summed E-state index contributed by atoms with van der Waals surface area (Å²) in [6, 6.07) is 0. The molecule has 18 heavy (non-hydrogen) atoms. The predicted octanol–water partition coefficient (Wildman–Crippen LogP) is 1.70. The Morgan fingerprint density at radius 2 is 2.17 bits per heavy atom. The van der Waals surface area contributed by atoms with Gasteiger partial charge >= 0.3 is 5.97 Å². The van der Waals surface area contributed by atoms with Gasteiger partial charge in [0.15, 0.2) is 0 Å². The van der Waals surface area contributed by atoms with Gasteiger partial charge in [0.1, 0.15) is 9.77 Å². The first-order valence-electron chi connectivity index (χ1n) is 5.10. The normalized spacial score (nSPS) is 11.3. The van der Waals surface area contributed by atoms with E-state index < -0.39 is 16.0 Å². The first-order valence-corrected chi connectivity index (χ1v) is 7.46. The second-order valence-electron chi connectivity index (χ2n) is 3.85. The molecule has 1 N–H and O–H groups in total. The van der Waals surface area contributed by atoms with Crippen molar-refractivity contribution in [3.8, 4) is 0 Å². The molecule has 100 valence electrons. The predicted molar refractivity (Wildman–Crippen MR) is 70.4 cm³/mol. The van der Waals surface area contributed by atoms with E-state index in [1.165, 1.54) is 7.11 Å². The lowest BCUT2D eigenvalue weighted by Gasteiger charge is -2.08. The zero-order valence-electron chi connectivity index (χ0n) is 10.4. The molecule has 1 heterocycles. The summed E-state index contributed by atoms with van der Waals surface area (Å²) >= 11 is 1.05. The van der Waals surface area contributed by atoms with E-state index in [-0.39, 0.29) is 16.3 Å². The minimum absolute atomic E-state index is 0.0133. The lowest BCUT2D eigenvalue weighted by Crippen LogP contribution is -2.26. The van der Waals surface area contributed by atoms with Crippen LogP contribution in [-0.4, -0.2) is 28.0 Å². The van der Waals surface area contributed by atoms with Crippen LogP contribution < -0.4 is 4.72 Å². The van der Waals surface area contributed by atoms with Crippen LogP contribution in [0.25, 0.3) is 0 Å². The van der Waals surface area contributed by atoms with Crippen LogP contribution in [0.2, 0.25) is 0 Å². The first kappa shape index (κ1) is 14.9. The number of ether oxygens (including phenoxy) is 1. The molecule has 7 heteroatoms. The lowest BCUT2D eigenvalue weighted by molar-refractivity contribution is 0.0602. The van der Waals surface area contributed by atoms with Gasteiger partial charge in [-0.1, -0.05) is 12.2 Å². The monoisotopic (exact) mass is 289 g/mol. The number of esters is 1. The van der Waals surface area contributed by atoms with Gasteiger partial charge in [0.2, 0.25) is 10.0 Å². The van der Waals surface area contributed by atoms with Crippen LogP contribution in [0, 0.1) is 6.92 Å². The number of hydrogen-bond acceptors (Lipinski definition) is 5. The summed E-state index contributed by atoms with van der Waals surface area (Å²) in [5.41, 5.74) is 1.21. The van der Waals surface area contributed by atoms with Crippen molar-refractivity contribution in [1.82, 2.24) is 4.72 Å². The molecule has 0 saturated carbocycles. The topological polar surface area (TPSA) is 72.5 Å². The van der Waals surface area contributed by atoms with Crippen molar-refractivity contribution >= 4 is 27.3 Å². The highest BCUT2D eigenvalue weighted by Gasteiger charge is 2.27. The number of sulfonamides is 1. The highest BCUT2D eigenvalue weighted by Crippen LogP contribution is 2.27. The third-order valence-corrected chi connectivity index (χ3v) is 4.92. The number of rotatable bonds is 5. The molecular weight excluding hydrogens is 274 g/mol. The summed E-state index contributed by atoms with van der Waals surface area (Å²) in [7, 11) is -2.51. The zero-order valence-corrected chi connectivity index (χ0v) is 12.1. The van der Waals surface area contributed by atoms with Gasteiger partial charge in [-0.05, 0) is 24.8 Å². The van der Waals surface area contributed by atoms with Gasteiger partial charge < -0.3 is 4.74 Å². The molecule has 0 atom stereocenters. The van der Waals surface area contributed by atoms with Crippen LogP contribution in [0.4, 0.5) is 0 Å². The fourth-order valence-corrected chi connectivity index (χ4v) is 4.09. The average molecular weight is 289 g/mol. The molecule has 1 aromatic rings. The van der Waals surface area contributed by atoms with Gasteiger partial charge in [0.25, 0.3) is 0 Å². The second kappa shape index (κ2) is 5.64. The van der Waals surface area contributed by atoms with Crippen LogP contribution in [0.5, 0.6) is 0 Å². The van der Waals surface area contributed by atoms with Crippen molar-refractivity contribution in [2.75, 3.05) is 13.7 Å². The van der Waals surface area contributed by atoms with Crippen LogP contribution in [0.15, 0.2) is 22.4 Å². The summed E-state index contributed by atoms with van der Waals surface area (Å²) in [6.07, 6.45) is 0. The van der Waals surface area contributed by atoms with E-state index in [4.69, 9.17) is 0 Å². The van der Waals surface area contributed by atoms with E-state index in [0.29, 0.717) is 11.1 Å². The van der Waals surface area contributed by atoms with Crippen molar-refractivity contribution in [1.29, 1.82) is 0 Å². The fraction of sp³-hybridized carbons (Fsp3) is 0.364. The Morgan fingerprint density at radius 1 is 1.56 bits per heavy atom. The van der Waals surface area contributed by atoms with E-state index in [0.717, 1.165) is 11.3 Å². The standard InChI is InChI=1S/C11H15NO4S2/c1-7(2)5-12-18(14,15)10-8(3)6-17-9(10)11(13)16-4/h6,12H,1,5H2,2-4H3. The smallest absolute Gasteiger partial charge is 0.349 e. The van der Waals surface area contributed by atoms with Crippen molar-refractivity contribution in [2.24, 2.45) is 0 Å². The summed E-state index contributed by atoms with van der Waals surface area (Å²) in [6.45, 7) is 7.11. The summed E-state index contributed by atoms with van der Waals surface area (Å²) in [5, 5.41) is 1.61. The number of carbonyl (C=O) groups excluding carboxylic acids is 1. The molecule has 1 aromatic heterocycles. The number of hydrogen-bond donors (Lipinski definition) is 1. The number of methoxy groups -OCH3 is 1. The van der Waals surface area contributed by atoms with E-state index in [2.05, 4.69) is 16.0 Å². The second-order valence-corrected chi connectivity index (χ2v) is 6.43. The zero-order chi connectivity index (χ0) is 13.9. The van der Waals surface area contributed by atoms with Gasteiger partial charge in [0, 0.05) is 6.54 Å². The Morgan fingerprint density at radius 3 is 2.67 bits per heavy atom. The molecule has 0 fully saturated rings. The molecule has 0 radical (unpaired) electrons. The van der Waals surface area contributed by atoms with Gasteiger partial charge in [-0.25, -0.2) is 17.9 Å². The van der Waals surface area contributed by atoms with Gasteiger partial charge in [-0.3, -0.25) is 0 Å². The molecule has 0 saturated heterocycles. The van der Waals surface area contributed by atoms with Crippen LogP contribution in [-0.2, 0) is 14.8 Å². The lowest BCUT2D eigenvalue weighted by atomic mass is 10.3. The van der Waals surface area contributed by atoms with Crippen LogP contribution >= 0.6 is 11.3 Å². The summed E-state index contributed by atoms with van der Waals surface area (Å²) in [4.78, 5) is 11.6.